The Morgan fingerprint density at radius 1 is 1.11 bits per heavy atom. The minimum Gasteiger partial charge on any atom is -0.497 e. The quantitative estimate of drug-likeness (QED) is 0.822. The molecule has 5 nitrogen and oxygen atoms in total. The second-order valence-corrected chi connectivity index (χ2v) is 7.43. The molecule has 2 aromatic rings. The molecule has 1 saturated heterocycles. The summed E-state index contributed by atoms with van der Waals surface area (Å²) in [7, 11) is 1.63. The van der Waals surface area contributed by atoms with E-state index in [4.69, 9.17) is 4.74 Å². The smallest absolute Gasteiger partial charge is 0.335 e. The van der Waals surface area contributed by atoms with Crippen LogP contribution >= 0.6 is 0 Å². The number of methoxy groups -OCH3 is 1. The van der Waals surface area contributed by atoms with Crippen LogP contribution in [0.4, 0.5) is 0 Å². The van der Waals surface area contributed by atoms with Crippen LogP contribution in [0.25, 0.3) is 0 Å². The van der Waals surface area contributed by atoms with Crippen LogP contribution < -0.4 is 4.74 Å². The molecule has 28 heavy (non-hydrogen) atoms. The number of carbonyl (C=O) groups is 2. The van der Waals surface area contributed by atoms with Crippen molar-refractivity contribution in [3.8, 4) is 5.75 Å². The van der Waals surface area contributed by atoms with Crippen molar-refractivity contribution in [2.45, 2.75) is 32.1 Å². The van der Waals surface area contributed by atoms with Crippen LogP contribution in [0.5, 0.6) is 5.75 Å². The van der Waals surface area contributed by atoms with Crippen LogP contribution in [-0.2, 0) is 11.2 Å². The maximum atomic E-state index is 12.9. The van der Waals surface area contributed by atoms with Gasteiger partial charge < -0.3 is 14.7 Å². The topological polar surface area (TPSA) is 66.8 Å². The van der Waals surface area contributed by atoms with Crippen molar-refractivity contribution in [3.05, 3.63) is 65.2 Å². The van der Waals surface area contributed by atoms with E-state index >= 15 is 0 Å². The first-order valence-corrected chi connectivity index (χ1v) is 9.73. The number of piperidine rings is 1. The van der Waals surface area contributed by atoms with E-state index in [1.165, 1.54) is 0 Å². The Hall–Kier alpha value is -2.82. The summed E-state index contributed by atoms with van der Waals surface area (Å²) in [5.74, 6) is 0.271. The molecule has 1 heterocycles. The SMILES string of the molecule is COc1ccc(C(C)C(=O)N2CCC(Cc3ccccc3C(=O)O)CC2)cc1. The molecular weight excluding hydrogens is 354 g/mol. The monoisotopic (exact) mass is 381 g/mol. The Labute approximate surface area is 165 Å². The summed E-state index contributed by atoms with van der Waals surface area (Å²) in [5.41, 5.74) is 2.25. The summed E-state index contributed by atoms with van der Waals surface area (Å²) in [6, 6.07) is 14.8. The van der Waals surface area contributed by atoms with Crippen molar-refractivity contribution in [1.29, 1.82) is 0 Å². The van der Waals surface area contributed by atoms with Gasteiger partial charge in [-0.05, 0) is 61.4 Å². The molecule has 0 bridgehead atoms. The van der Waals surface area contributed by atoms with Gasteiger partial charge in [0, 0.05) is 13.1 Å². The third-order valence-corrected chi connectivity index (χ3v) is 5.67. The van der Waals surface area contributed by atoms with Crippen LogP contribution in [0.3, 0.4) is 0 Å². The molecule has 0 radical (unpaired) electrons. The van der Waals surface area contributed by atoms with Gasteiger partial charge in [0.15, 0.2) is 0 Å². The van der Waals surface area contributed by atoms with Crippen LogP contribution in [0, 0.1) is 5.92 Å². The van der Waals surface area contributed by atoms with Gasteiger partial charge in [-0.25, -0.2) is 4.79 Å². The Morgan fingerprint density at radius 3 is 2.36 bits per heavy atom. The number of carboxylic acids is 1. The normalized spacial score (nSPS) is 15.9. The molecule has 1 fully saturated rings. The number of aromatic carboxylic acids is 1. The van der Waals surface area contributed by atoms with E-state index < -0.39 is 5.97 Å². The van der Waals surface area contributed by atoms with Gasteiger partial charge in [0.05, 0.1) is 18.6 Å². The van der Waals surface area contributed by atoms with E-state index in [1.54, 1.807) is 19.2 Å². The zero-order valence-corrected chi connectivity index (χ0v) is 16.4. The van der Waals surface area contributed by atoms with Gasteiger partial charge in [-0.1, -0.05) is 30.3 Å². The molecule has 0 aromatic heterocycles. The van der Waals surface area contributed by atoms with E-state index in [0.29, 0.717) is 11.5 Å². The minimum atomic E-state index is -0.878. The number of carbonyl (C=O) groups excluding carboxylic acids is 1. The molecule has 1 aliphatic rings. The molecule has 0 saturated carbocycles. The summed E-state index contributed by atoms with van der Waals surface area (Å²) in [6.07, 6.45) is 2.54. The second kappa shape index (κ2) is 8.91. The van der Waals surface area contributed by atoms with E-state index in [0.717, 1.165) is 49.2 Å². The molecule has 3 rings (SSSR count). The van der Waals surface area contributed by atoms with Gasteiger partial charge in [0.1, 0.15) is 5.75 Å². The molecule has 1 amide bonds. The molecular formula is C23H27NO4. The number of likely N-dealkylation sites (tertiary alicyclic amines) is 1. The van der Waals surface area contributed by atoms with Gasteiger partial charge >= 0.3 is 5.97 Å². The summed E-state index contributed by atoms with van der Waals surface area (Å²) in [5, 5.41) is 9.35. The number of ether oxygens (including phenoxy) is 1. The minimum absolute atomic E-state index is 0.148. The van der Waals surface area contributed by atoms with Crippen molar-refractivity contribution < 1.29 is 19.4 Å². The van der Waals surface area contributed by atoms with Gasteiger partial charge in [0.2, 0.25) is 5.91 Å². The molecule has 5 heteroatoms. The van der Waals surface area contributed by atoms with Gasteiger partial charge in [-0.15, -0.1) is 0 Å². The molecule has 0 spiro atoms. The third kappa shape index (κ3) is 4.53. The van der Waals surface area contributed by atoms with Crippen molar-refractivity contribution >= 4 is 11.9 Å². The van der Waals surface area contributed by atoms with Gasteiger partial charge in [-0.3, -0.25) is 4.79 Å². The van der Waals surface area contributed by atoms with Crippen LogP contribution in [0.2, 0.25) is 0 Å². The number of benzene rings is 2. The van der Waals surface area contributed by atoms with Crippen molar-refractivity contribution in [2.24, 2.45) is 5.92 Å². The zero-order valence-electron chi connectivity index (χ0n) is 16.4. The highest BCUT2D eigenvalue weighted by Crippen LogP contribution is 2.27. The first-order chi connectivity index (χ1) is 13.5. The number of hydrogen-bond donors (Lipinski definition) is 1. The largest absolute Gasteiger partial charge is 0.497 e. The Morgan fingerprint density at radius 2 is 1.75 bits per heavy atom. The molecule has 1 aliphatic heterocycles. The first kappa shape index (κ1) is 19.9. The van der Waals surface area contributed by atoms with Gasteiger partial charge in [0.25, 0.3) is 0 Å². The van der Waals surface area contributed by atoms with E-state index in [9.17, 15) is 14.7 Å². The van der Waals surface area contributed by atoms with Crippen LogP contribution in [0.1, 0.15) is 47.2 Å². The lowest BCUT2D eigenvalue weighted by Gasteiger charge is -2.34. The van der Waals surface area contributed by atoms with Crippen molar-refractivity contribution in [2.75, 3.05) is 20.2 Å². The molecule has 1 unspecified atom stereocenters. The second-order valence-electron chi connectivity index (χ2n) is 7.43. The fourth-order valence-electron chi connectivity index (χ4n) is 3.88. The highest BCUT2D eigenvalue weighted by atomic mass is 16.5. The summed E-state index contributed by atoms with van der Waals surface area (Å²) >= 11 is 0. The third-order valence-electron chi connectivity index (χ3n) is 5.67. The average Bonchev–Trinajstić information content (AvgIpc) is 2.73. The first-order valence-electron chi connectivity index (χ1n) is 9.73. The predicted octanol–water partition coefficient (Wildman–Crippen LogP) is 3.98. The van der Waals surface area contributed by atoms with E-state index in [2.05, 4.69) is 0 Å². The number of hydrogen-bond acceptors (Lipinski definition) is 3. The van der Waals surface area contributed by atoms with E-state index in [1.807, 2.05) is 48.2 Å². The average molecular weight is 381 g/mol. The van der Waals surface area contributed by atoms with E-state index in [-0.39, 0.29) is 11.8 Å². The van der Waals surface area contributed by atoms with Crippen LogP contribution in [-0.4, -0.2) is 42.1 Å². The Kier molecular flexibility index (Phi) is 6.34. The Bertz CT molecular complexity index is 823. The lowest BCUT2D eigenvalue weighted by molar-refractivity contribution is -0.133. The number of amides is 1. The van der Waals surface area contributed by atoms with Crippen molar-refractivity contribution in [3.63, 3.8) is 0 Å². The maximum absolute atomic E-state index is 12.9. The zero-order chi connectivity index (χ0) is 20.1. The fraction of sp³-hybridized carbons (Fsp3) is 0.391. The fourth-order valence-corrected chi connectivity index (χ4v) is 3.88. The maximum Gasteiger partial charge on any atom is 0.335 e. The molecule has 2 aromatic carbocycles. The number of rotatable bonds is 6. The van der Waals surface area contributed by atoms with Crippen molar-refractivity contribution in [1.82, 2.24) is 4.90 Å². The molecule has 1 atom stereocenters. The molecule has 148 valence electrons. The van der Waals surface area contributed by atoms with Crippen LogP contribution in [0.15, 0.2) is 48.5 Å². The lowest BCUT2D eigenvalue weighted by Crippen LogP contribution is -2.41. The summed E-state index contributed by atoms with van der Waals surface area (Å²) in [6.45, 7) is 3.39. The molecule has 1 N–H and O–H groups in total. The summed E-state index contributed by atoms with van der Waals surface area (Å²) in [4.78, 5) is 26.2. The van der Waals surface area contributed by atoms with Gasteiger partial charge in [-0.2, -0.15) is 0 Å². The highest BCUT2D eigenvalue weighted by molar-refractivity contribution is 5.89. The predicted molar refractivity (Wildman–Crippen MR) is 108 cm³/mol. The lowest BCUT2D eigenvalue weighted by atomic mass is 9.87. The Balaban J connectivity index is 1.57. The summed E-state index contributed by atoms with van der Waals surface area (Å²) < 4.78 is 5.18. The molecule has 0 aliphatic carbocycles. The highest BCUT2D eigenvalue weighted by Gasteiger charge is 2.27. The standard InChI is InChI=1S/C23H27NO4/c1-16(18-7-9-20(28-2)10-8-18)22(25)24-13-11-17(12-14-24)15-19-5-3-4-6-21(19)23(26)27/h3-10,16-17H,11-15H2,1-2H3,(H,26,27). The number of carboxylic acid groups (broad SMARTS) is 1. The number of nitrogens with zero attached hydrogens (tertiary/aromatic N) is 1.